The van der Waals surface area contributed by atoms with Crippen molar-refractivity contribution in [3.05, 3.63) is 90.0 Å². The topological polar surface area (TPSA) is 46.6 Å². The van der Waals surface area contributed by atoms with E-state index in [1.54, 1.807) is 61.7 Å². The summed E-state index contributed by atoms with van der Waals surface area (Å²) in [6.07, 6.45) is 0. The van der Waals surface area contributed by atoms with E-state index in [1.165, 1.54) is 4.31 Å². The molecule has 0 amide bonds. The quantitative estimate of drug-likeness (QED) is 0.649. The van der Waals surface area contributed by atoms with Crippen molar-refractivity contribution in [2.75, 3.05) is 11.4 Å². The predicted molar refractivity (Wildman–Crippen MR) is 104 cm³/mol. The fraction of sp³-hybridized carbons (Fsp3) is 0.143. The van der Waals surface area contributed by atoms with Gasteiger partial charge in [-0.1, -0.05) is 48.5 Å². The maximum absolute atomic E-state index is 13.3. The van der Waals surface area contributed by atoms with Gasteiger partial charge in [0.25, 0.3) is 10.0 Å². The SMILES string of the molecule is COc1cccc(N(Cc2ccccc2C)S(=O)(=O)c2ccccc2)c1. The number of aryl methyl sites for hydroxylation is 1. The molecule has 3 aromatic rings. The highest BCUT2D eigenvalue weighted by molar-refractivity contribution is 7.92. The molecule has 0 aromatic heterocycles. The molecular weight excluding hydrogens is 346 g/mol. The van der Waals surface area contributed by atoms with Crippen molar-refractivity contribution in [3.8, 4) is 5.75 Å². The van der Waals surface area contributed by atoms with Crippen molar-refractivity contribution in [1.82, 2.24) is 0 Å². The van der Waals surface area contributed by atoms with E-state index in [4.69, 9.17) is 4.74 Å². The molecule has 3 aromatic carbocycles. The zero-order valence-electron chi connectivity index (χ0n) is 14.8. The molecular formula is C21H21NO3S. The number of hydrogen-bond acceptors (Lipinski definition) is 3. The number of sulfonamides is 1. The van der Waals surface area contributed by atoms with Crippen LogP contribution in [0.2, 0.25) is 0 Å². The van der Waals surface area contributed by atoms with Crippen molar-refractivity contribution in [1.29, 1.82) is 0 Å². The molecule has 0 atom stereocenters. The number of ether oxygens (including phenoxy) is 1. The second-order valence-corrected chi connectivity index (χ2v) is 7.82. The Balaban J connectivity index is 2.11. The number of methoxy groups -OCH3 is 1. The average Bonchev–Trinajstić information content (AvgIpc) is 2.68. The zero-order chi connectivity index (χ0) is 18.6. The summed E-state index contributed by atoms with van der Waals surface area (Å²) in [5.41, 5.74) is 2.56. The molecule has 134 valence electrons. The summed E-state index contributed by atoms with van der Waals surface area (Å²) in [6.45, 7) is 2.23. The fourth-order valence-electron chi connectivity index (χ4n) is 2.74. The summed E-state index contributed by atoms with van der Waals surface area (Å²) < 4.78 is 33.4. The maximum atomic E-state index is 13.3. The van der Waals surface area contributed by atoms with Crippen LogP contribution in [0.4, 0.5) is 5.69 Å². The van der Waals surface area contributed by atoms with E-state index in [1.807, 2.05) is 31.2 Å². The van der Waals surface area contributed by atoms with E-state index in [0.717, 1.165) is 11.1 Å². The Morgan fingerprint density at radius 2 is 1.58 bits per heavy atom. The van der Waals surface area contributed by atoms with Gasteiger partial charge in [0.1, 0.15) is 5.75 Å². The molecule has 3 rings (SSSR count). The summed E-state index contributed by atoms with van der Waals surface area (Å²) in [6, 6.07) is 23.4. The van der Waals surface area contributed by atoms with Crippen LogP contribution < -0.4 is 9.04 Å². The van der Waals surface area contributed by atoms with E-state index in [2.05, 4.69) is 0 Å². The Morgan fingerprint density at radius 3 is 2.27 bits per heavy atom. The molecule has 0 saturated carbocycles. The van der Waals surface area contributed by atoms with Gasteiger partial charge in [0.05, 0.1) is 24.2 Å². The van der Waals surface area contributed by atoms with Crippen LogP contribution in [-0.4, -0.2) is 15.5 Å². The molecule has 0 saturated heterocycles. The van der Waals surface area contributed by atoms with Gasteiger partial charge in [0.2, 0.25) is 0 Å². The minimum absolute atomic E-state index is 0.247. The van der Waals surface area contributed by atoms with Crippen LogP contribution in [0.15, 0.2) is 83.8 Å². The van der Waals surface area contributed by atoms with Crippen LogP contribution in [-0.2, 0) is 16.6 Å². The molecule has 0 bridgehead atoms. The third kappa shape index (κ3) is 3.73. The molecule has 0 aliphatic carbocycles. The molecule has 4 nitrogen and oxygen atoms in total. The van der Waals surface area contributed by atoms with Crippen molar-refractivity contribution < 1.29 is 13.2 Å². The normalized spacial score (nSPS) is 11.2. The molecule has 0 fully saturated rings. The number of nitrogens with zero attached hydrogens (tertiary/aromatic N) is 1. The second kappa shape index (κ2) is 7.62. The lowest BCUT2D eigenvalue weighted by molar-refractivity contribution is 0.415. The van der Waals surface area contributed by atoms with Crippen molar-refractivity contribution in [2.45, 2.75) is 18.4 Å². The molecule has 0 radical (unpaired) electrons. The van der Waals surface area contributed by atoms with Crippen LogP contribution in [0.25, 0.3) is 0 Å². The van der Waals surface area contributed by atoms with Crippen LogP contribution in [0.3, 0.4) is 0 Å². The Labute approximate surface area is 154 Å². The van der Waals surface area contributed by atoms with Gasteiger partial charge in [0, 0.05) is 6.07 Å². The van der Waals surface area contributed by atoms with Gasteiger partial charge in [-0.3, -0.25) is 4.31 Å². The third-order valence-electron chi connectivity index (χ3n) is 4.25. The van der Waals surface area contributed by atoms with E-state index in [9.17, 15) is 8.42 Å². The van der Waals surface area contributed by atoms with E-state index >= 15 is 0 Å². The molecule has 0 spiro atoms. The first-order chi connectivity index (χ1) is 12.5. The Morgan fingerprint density at radius 1 is 0.885 bits per heavy atom. The molecule has 0 heterocycles. The van der Waals surface area contributed by atoms with Gasteiger partial charge in [-0.05, 0) is 42.3 Å². The molecule has 0 aliphatic heterocycles. The van der Waals surface area contributed by atoms with Gasteiger partial charge in [-0.15, -0.1) is 0 Å². The molecule has 0 aliphatic rings. The first-order valence-corrected chi connectivity index (χ1v) is 9.73. The van der Waals surface area contributed by atoms with Gasteiger partial charge in [-0.2, -0.15) is 0 Å². The highest BCUT2D eigenvalue weighted by atomic mass is 32.2. The Hall–Kier alpha value is -2.79. The molecule has 5 heteroatoms. The van der Waals surface area contributed by atoms with Crippen molar-refractivity contribution >= 4 is 15.7 Å². The van der Waals surface area contributed by atoms with Crippen LogP contribution in [0, 0.1) is 6.92 Å². The molecule has 0 unspecified atom stereocenters. The second-order valence-electron chi connectivity index (χ2n) is 5.95. The zero-order valence-corrected chi connectivity index (χ0v) is 15.6. The predicted octanol–water partition coefficient (Wildman–Crippen LogP) is 4.40. The largest absolute Gasteiger partial charge is 0.497 e. The Bertz CT molecular complexity index is 985. The lowest BCUT2D eigenvalue weighted by Crippen LogP contribution is -2.30. The third-order valence-corrected chi connectivity index (χ3v) is 6.04. The van der Waals surface area contributed by atoms with Gasteiger partial charge >= 0.3 is 0 Å². The van der Waals surface area contributed by atoms with Gasteiger partial charge in [0.15, 0.2) is 0 Å². The lowest BCUT2D eigenvalue weighted by Gasteiger charge is -2.25. The van der Waals surface area contributed by atoms with Crippen molar-refractivity contribution in [3.63, 3.8) is 0 Å². The smallest absolute Gasteiger partial charge is 0.264 e. The van der Waals surface area contributed by atoms with Crippen LogP contribution in [0.1, 0.15) is 11.1 Å². The molecule has 26 heavy (non-hydrogen) atoms. The number of rotatable bonds is 6. The standard InChI is InChI=1S/C21H21NO3S/c1-17-9-6-7-10-18(17)16-22(19-11-8-12-20(15-19)25-2)26(23,24)21-13-4-3-5-14-21/h3-15H,16H2,1-2H3. The molecule has 0 N–H and O–H groups in total. The first-order valence-electron chi connectivity index (χ1n) is 8.29. The highest BCUT2D eigenvalue weighted by Gasteiger charge is 2.25. The minimum Gasteiger partial charge on any atom is -0.497 e. The maximum Gasteiger partial charge on any atom is 0.264 e. The lowest BCUT2D eigenvalue weighted by atomic mass is 10.1. The monoisotopic (exact) mass is 367 g/mol. The summed E-state index contributed by atoms with van der Waals surface area (Å²) in [7, 11) is -2.15. The van der Waals surface area contributed by atoms with Gasteiger partial charge < -0.3 is 4.74 Å². The van der Waals surface area contributed by atoms with E-state index in [-0.39, 0.29) is 11.4 Å². The van der Waals surface area contributed by atoms with E-state index in [0.29, 0.717) is 11.4 Å². The number of benzene rings is 3. The number of anilines is 1. The summed E-state index contributed by atoms with van der Waals surface area (Å²) in [5, 5.41) is 0. The highest BCUT2D eigenvalue weighted by Crippen LogP contribution is 2.29. The first kappa shape index (κ1) is 18.0. The van der Waals surface area contributed by atoms with Crippen LogP contribution in [0.5, 0.6) is 5.75 Å². The fourth-order valence-corrected chi connectivity index (χ4v) is 4.20. The average molecular weight is 367 g/mol. The van der Waals surface area contributed by atoms with Crippen LogP contribution >= 0.6 is 0 Å². The van der Waals surface area contributed by atoms with Crippen molar-refractivity contribution in [2.24, 2.45) is 0 Å². The summed E-state index contributed by atoms with van der Waals surface area (Å²) in [4.78, 5) is 0.261. The van der Waals surface area contributed by atoms with E-state index < -0.39 is 10.0 Å². The summed E-state index contributed by atoms with van der Waals surface area (Å²) >= 11 is 0. The Kier molecular flexibility index (Phi) is 5.28. The van der Waals surface area contributed by atoms with Gasteiger partial charge in [-0.25, -0.2) is 8.42 Å². The minimum atomic E-state index is -3.72. The number of hydrogen-bond donors (Lipinski definition) is 0. The summed E-state index contributed by atoms with van der Waals surface area (Å²) in [5.74, 6) is 0.612.